The molecule has 25 heavy (non-hydrogen) atoms. The maximum atomic E-state index is 12.5. The highest BCUT2D eigenvalue weighted by Gasteiger charge is 2.31. The quantitative estimate of drug-likeness (QED) is 0.702. The van der Waals surface area contributed by atoms with Gasteiger partial charge in [0.1, 0.15) is 5.58 Å². The lowest BCUT2D eigenvalue weighted by Crippen LogP contribution is -2.28. The number of carboxylic acids is 1. The molecule has 1 aromatic heterocycles. The maximum absolute atomic E-state index is 12.5. The third-order valence-electron chi connectivity index (χ3n) is 4.41. The number of fused-ring (bicyclic) bond motifs is 3. The Labute approximate surface area is 141 Å². The number of anilines is 1. The van der Waals surface area contributed by atoms with Crippen molar-refractivity contribution in [2.24, 2.45) is 0 Å². The Morgan fingerprint density at radius 1 is 1.08 bits per heavy atom. The van der Waals surface area contributed by atoms with E-state index in [0.717, 1.165) is 0 Å². The number of amides is 1. The highest BCUT2D eigenvalue weighted by Crippen LogP contribution is 2.38. The lowest BCUT2D eigenvalue weighted by Gasteiger charge is -2.25. The molecule has 2 aromatic carbocycles. The number of hydrogen-bond donors (Lipinski definition) is 2. The predicted octanol–water partition coefficient (Wildman–Crippen LogP) is 2.97. The van der Waals surface area contributed by atoms with Crippen LogP contribution in [0.15, 0.2) is 57.7 Å². The van der Waals surface area contributed by atoms with Crippen LogP contribution >= 0.6 is 0 Å². The number of nitrogens with one attached hydrogen (secondary N) is 1. The Kier molecular flexibility index (Phi) is 3.39. The molecule has 0 spiro atoms. The van der Waals surface area contributed by atoms with Gasteiger partial charge >= 0.3 is 11.6 Å². The molecule has 0 saturated heterocycles. The van der Waals surface area contributed by atoms with E-state index in [0.29, 0.717) is 27.8 Å². The van der Waals surface area contributed by atoms with Crippen molar-refractivity contribution in [3.05, 3.63) is 75.6 Å². The molecule has 1 aliphatic heterocycles. The summed E-state index contributed by atoms with van der Waals surface area (Å²) in [5.74, 6) is -1.71. The second-order valence-electron chi connectivity index (χ2n) is 5.91. The van der Waals surface area contributed by atoms with E-state index in [1.165, 1.54) is 12.1 Å². The Morgan fingerprint density at radius 3 is 2.52 bits per heavy atom. The summed E-state index contributed by atoms with van der Waals surface area (Å²) >= 11 is 0. The number of rotatable bonds is 2. The van der Waals surface area contributed by atoms with E-state index in [-0.39, 0.29) is 17.9 Å². The SMILES string of the molecule is O=C1CC(c2ccc(C(=O)O)cc2)c2c(c3ccccc3oc2=O)N1. The van der Waals surface area contributed by atoms with Crippen LogP contribution in [0, 0.1) is 0 Å². The normalized spacial score (nSPS) is 16.3. The topological polar surface area (TPSA) is 96.6 Å². The van der Waals surface area contributed by atoms with Gasteiger partial charge in [0.25, 0.3) is 0 Å². The van der Waals surface area contributed by atoms with Crippen molar-refractivity contribution in [2.45, 2.75) is 12.3 Å². The minimum absolute atomic E-state index is 0.0997. The zero-order valence-electron chi connectivity index (χ0n) is 13.0. The molecular weight excluding hydrogens is 322 g/mol. The van der Waals surface area contributed by atoms with E-state index in [2.05, 4.69) is 5.32 Å². The van der Waals surface area contributed by atoms with Crippen LogP contribution in [-0.2, 0) is 4.79 Å². The van der Waals surface area contributed by atoms with E-state index in [1.807, 2.05) is 0 Å². The number of para-hydroxylation sites is 1. The van der Waals surface area contributed by atoms with Crippen molar-refractivity contribution in [3.63, 3.8) is 0 Å². The summed E-state index contributed by atoms with van der Waals surface area (Å²) in [5.41, 5.74) is 1.62. The number of hydrogen-bond acceptors (Lipinski definition) is 4. The first-order valence-corrected chi connectivity index (χ1v) is 7.73. The molecule has 0 radical (unpaired) electrons. The van der Waals surface area contributed by atoms with Gasteiger partial charge in [0.05, 0.1) is 16.8 Å². The highest BCUT2D eigenvalue weighted by molar-refractivity contribution is 6.04. The second-order valence-corrected chi connectivity index (χ2v) is 5.91. The Morgan fingerprint density at radius 2 is 1.80 bits per heavy atom. The summed E-state index contributed by atoms with van der Waals surface area (Å²) in [7, 11) is 0. The van der Waals surface area contributed by atoms with Gasteiger partial charge in [0.2, 0.25) is 5.91 Å². The van der Waals surface area contributed by atoms with E-state index in [1.54, 1.807) is 36.4 Å². The summed E-state index contributed by atoms with van der Waals surface area (Å²) in [6.45, 7) is 0. The van der Waals surface area contributed by atoms with Crippen LogP contribution in [0.1, 0.15) is 33.8 Å². The first kappa shape index (κ1) is 15.1. The van der Waals surface area contributed by atoms with Gasteiger partial charge in [0, 0.05) is 17.7 Å². The average molecular weight is 335 g/mol. The second kappa shape index (κ2) is 5.59. The molecule has 6 heteroatoms. The molecule has 2 N–H and O–H groups in total. The van der Waals surface area contributed by atoms with Gasteiger partial charge in [-0.1, -0.05) is 24.3 Å². The summed E-state index contributed by atoms with van der Waals surface area (Å²) < 4.78 is 5.41. The molecule has 6 nitrogen and oxygen atoms in total. The average Bonchev–Trinajstić information content (AvgIpc) is 2.61. The zero-order chi connectivity index (χ0) is 17.6. The summed E-state index contributed by atoms with van der Waals surface area (Å²) in [6, 6.07) is 13.2. The number of benzene rings is 2. The van der Waals surface area contributed by atoms with Crippen LogP contribution < -0.4 is 10.9 Å². The monoisotopic (exact) mass is 335 g/mol. The molecule has 0 bridgehead atoms. The fraction of sp³-hybridized carbons (Fsp3) is 0.105. The van der Waals surface area contributed by atoms with Crippen LogP contribution in [0.3, 0.4) is 0 Å². The first-order chi connectivity index (χ1) is 12.0. The zero-order valence-corrected chi connectivity index (χ0v) is 13.0. The molecule has 0 saturated carbocycles. The third kappa shape index (κ3) is 2.48. The van der Waals surface area contributed by atoms with E-state index in [9.17, 15) is 14.4 Å². The molecule has 124 valence electrons. The van der Waals surface area contributed by atoms with E-state index in [4.69, 9.17) is 9.52 Å². The molecule has 1 unspecified atom stereocenters. The molecule has 0 fully saturated rings. The molecule has 4 rings (SSSR count). The fourth-order valence-corrected chi connectivity index (χ4v) is 3.24. The maximum Gasteiger partial charge on any atom is 0.342 e. The van der Waals surface area contributed by atoms with Gasteiger partial charge in [0.15, 0.2) is 0 Å². The van der Waals surface area contributed by atoms with E-state index < -0.39 is 17.5 Å². The molecule has 2 heterocycles. The largest absolute Gasteiger partial charge is 0.478 e. The van der Waals surface area contributed by atoms with Crippen molar-refractivity contribution in [2.75, 3.05) is 5.32 Å². The summed E-state index contributed by atoms with van der Waals surface area (Å²) in [5, 5.41) is 12.5. The van der Waals surface area contributed by atoms with Gasteiger partial charge in [-0.25, -0.2) is 9.59 Å². The molecule has 1 amide bonds. The van der Waals surface area contributed by atoms with E-state index >= 15 is 0 Å². The van der Waals surface area contributed by atoms with Crippen molar-refractivity contribution in [1.82, 2.24) is 0 Å². The van der Waals surface area contributed by atoms with Gasteiger partial charge in [-0.05, 0) is 29.8 Å². The van der Waals surface area contributed by atoms with Crippen LogP contribution in [0.5, 0.6) is 0 Å². The molecule has 1 aliphatic rings. The van der Waals surface area contributed by atoms with Gasteiger partial charge in [-0.2, -0.15) is 0 Å². The van der Waals surface area contributed by atoms with Crippen LogP contribution in [0.2, 0.25) is 0 Å². The van der Waals surface area contributed by atoms with Gasteiger partial charge in [-0.3, -0.25) is 4.79 Å². The smallest absolute Gasteiger partial charge is 0.342 e. The lowest BCUT2D eigenvalue weighted by atomic mass is 9.84. The fourth-order valence-electron chi connectivity index (χ4n) is 3.24. The highest BCUT2D eigenvalue weighted by atomic mass is 16.4. The van der Waals surface area contributed by atoms with Crippen LogP contribution in [0.25, 0.3) is 11.0 Å². The minimum atomic E-state index is -1.03. The number of carbonyl (C=O) groups is 2. The summed E-state index contributed by atoms with van der Waals surface area (Å²) in [6.07, 6.45) is 0.0997. The number of aromatic carboxylic acids is 1. The summed E-state index contributed by atoms with van der Waals surface area (Å²) in [4.78, 5) is 35.7. The minimum Gasteiger partial charge on any atom is -0.478 e. The molecular formula is C19H13NO5. The third-order valence-corrected chi connectivity index (χ3v) is 4.41. The predicted molar refractivity (Wildman–Crippen MR) is 91.0 cm³/mol. The van der Waals surface area contributed by atoms with Gasteiger partial charge < -0.3 is 14.8 Å². The lowest BCUT2D eigenvalue weighted by molar-refractivity contribution is -0.116. The number of carbonyl (C=O) groups excluding carboxylic acids is 1. The Bertz CT molecular complexity index is 1070. The molecule has 1 atom stereocenters. The Hall–Kier alpha value is -3.41. The van der Waals surface area contributed by atoms with Crippen molar-refractivity contribution in [1.29, 1.82) is 0 Å². The van der Waals surface area contributed by atoms with Crippen molar-refractivity contribution in [3.8, 4) is 0 Å². The van der Waals surface area contributed by atoms with Crippen LogP contribution in [-0.4, -0.2) is 17.0 Å². The first-order valence-electron chi connectivity index (χ1n) is 7.73. The Balaban J connectivity index is 1.92. The number of carboxylic acid groups (broad SMARTS) is 1. The van der Waals surface area contributed by atoms with Crippen molar-refractivity contribution < 1.29 is 19.1 Å². The van der Waals surface area contributed by atoms with Gasteiger partial charge in [-0.15, -0.1) is 0 Å². The molecule has 0 aliphatic carbocycles. The molecule has 3 aromatic rings. The standard InChI is InChI=1S/C19H13NO5/c21-15-9-13(10-5-7-11(8-6-10)18(22)23)16-17(20-15)12-3-1-2-4-14(12)25-19(16)24/h1-8,13H,9H2,(H,20,21)(H,22,23). The van der Waals surface area contributed by atoms with Crippen LogP contribution in [0.4, 0.5) is 5.69 Å². The van der Waals surface area contributed by atoms with Crippen molar-refractivity contribution >= 4 is 28.5 Å².